The number of piperazine rings is 1. The van der Waals surface area contributed by atoms with Crippen LogP contribution in [-0.2, 0) is 12.8 Å². The Morgan fingerprint density at radius 2 is 2.04 bits per heavy atom. The first kappa shape index (κ1) is 17.0. The Morgan fingerprint density at radius 3 is 2.76 bits per heavy atom. The third kappa shape index (κ3) is 3.32. The van der Waals surface area contributed by atoms with Crippen molar-refractivity contribution in [3.63, 3.8) is 0 Å². The Kier molecular flexibility index (Phi) is 4.32. The summed E-state index contributed by atoms with van der Waals surface area (Å²) in [6.45, 7) is 10.4. The van der Waals surface area contributed by atoms with Crippen molar-refractivity contribution in [3.05, 3.63) is 28.3 Å². The number of nitrogens with zero attached hydrogens (tertiary/aromatic N) is 2. The minimum atomic E-state index is 0.162. The molecule has 0 bridgehead atoms. The molecular weight excluding hydrogens is 330 g/mol. The Bertz CT molecular complexity index is 799. The van der Waals surface area contributed by atoms with Gasteiger partial charge in [0.25, 0.3) is 5.91 Å². The molecule has 4 rings (SSSR count). The first-order valence-corrected chi connectivity index (χ1v) is 10.2. The lowest BCUT2D eigenvalue weighted by molar-refractivity contribution is 0.0741. The molecule has 0 aromatic carbocycles. The van der Waals surface area contributed by atoms with E-state index in [9.17, 15) is 4.79 Å². The highest BCUT2D eigenvalue weighted by Gasteiger charge is 2.30. The average Bonchev–Trinajstić information content (AvgIpc) is 3.01. The lowest BCUT2D eigenvalue weighted by Crippen LogP contribution is -2.46. The smallest absolute Gasteiger partial charge is 0.264 e. The van der Waals surface area contributed by atoms with Crippen molar-refractivity contribution in [2.45, 2.75) is 40.0 Å². The minimum Gasteiger partial charge on any atom is -0.335 e. The third-order valence-electron chi connectivity index (χ3n) is 5.71. The number of hydrogen-bond acceptors (Lipinski definition) is 4. The lowest BCUT2D eigenvalue weighted by atomic mass is 9.71. The summed E-state index contributed by atoms with van der Waals surface area (Å²) in [5, 5.41) is 4.43. The number of hydrogen-bond donors (Lipinski definition) is 1. The summed E-state index contributed by atoms with van der Waals surface area (Å²) < 4.78 is 0. The molecule has 2 aromatic heterocycles. The number of fused-ring (bicyclic) bond motifs is 2. The minimum absolute atomic E-state index is 0.162. The average molecular weight is 358 g/mol. The number of aryl methyl sites for hydroxylation is 1. The van der Waals surface area contributed by atoms with Gasteiger partial charge in [-0.05, 0) is 48.3 Å². The van der Waals surface area contributed by atoms with E-state index >= 15 is 0 Å². The van der Waals surface area contributed by atoms with Gasteiger partial charge in [-0.25, -0.2) is 4.98 Å². The van der Waals surface area contributed by atoms with Crippen LogP contribution in [-0.4, -0.2) is 42.0 Å². The predicted molar refractivity (Wildman–Crippen MR) is 103 cm³/mol. The van der Waals surface area contributed by atoms with E-state index in [0.717, 1.165) is 54.1 Å². The molecule has 0 saturated carbocycles. The highest BCUT2D eigenvalue weighted by molar-refractivity contribution is 7.20. The molecule has 25 heavy (non-hydrogen) atoms. The largest absolute Gasteiger partial charge is 0.335 e. The molecule has 3 heterocycles. The molecule has 1 unspecified atom stereocenters. The molecule has 2 aromatic rings. The van der Waals surface area contributed by atoms with Crippen molar-refractivity contribution in [3.8, 4) is 0 Å². The number of carbonyl (C=O) groups excluding carboxylic acids is 1. The standard InChI is InChI=1S/C20H27N3OS/c1-20(2,3)15-4-5-16-13(11-15)10-14-12-17(25-18(14)22-16)19(24)23-8-6-21-7-9-23/h10,12,15,21H,4-9,11H2,1-3H3. The van der Waals surface area contributed by atoms with Crippen molar-refractivity contribution in [2.24, 2.45) is 11.3 Å². The molecule has 1 saturated heterocycles. The Hall–Kier alpha value is -1.46. The Labute approximate surface area is 153 Å². The van der Waals surface area contributed by atoms with Crippen LogP contribution in [0, 0.1) is 11.3 Å². The fourth-order valence-electron chi connectivity index (χ4n) is 3.99. The molecule has 5 heteroatoms. The molecule has 4 nitrogen and oxygen atoms in total. The van der Waals surface area contributed by atoms with Crippen LogP contribution in [0.1, 0.15) is 48.1 Å². The number of carbonyl (C=O) groups is 1. The molecule has 134 valence electrons. The molecular formula is C20H27N3OS. The second-order valence-electron chi connectivity index (χ2n) is 8.45. The third-order valence-corrected chi connectivity index (χ3v) is 6.75. The van der Waals surface area contributed by atoms with Gasteiger partial charge in [-0.15, -0.1) is 11.3 Å². The van der Waals surface area contributed by atoms with E-state index in [4.69, 9.17) is 4.98 Å². The number of aromatic nitrogens is 1. The maximum absolute atomic E-state index is 12.8. The van der Waals surface area contributed by atoms with Crippen LogP contribution in [0.2, 0.25) is 0 Å². The van der Waals surface area contributed by atoms with Crippen LogP contribution in [0.25, 0.3) is 10.2 Å². The summed E-state index contributed by atoms with van der Waals surface area (Å²) >= 11 is 1.56. The van der Waals surface area contributed by atoms with Gasteiger partial charge in [0.15, 0.2) is 0 Å². The summed E-state index contributed by atoms with van der Waals surface area (Å²) in [6.07, 6.45) is 3.39. The second kappa shape index (κ2) is 6.36. The fourth-order valence-corrected chi connectivity index (χ4v) is 4.99. The van der Waals surface area contributed by atoms with Crippen molar-refractivity contribution < 1.29 is 4.79 Å². The molecule has 0 radical (unpaired) electrons. The molecule has 2 aliphatic rings. The maximum atomic E-state index is 12.8. The summed E-state index contributed by atoms with van der Waals surface area (Å²) in [5.41, 5.74) is 2.97. The van der Waals surface area contributed by atoms with E-state index < -0.39 is 0 Å². The van der Waals surface area contributed by atoms with Crippen LogP contribution in [0.15, 0.2) is 12.1 Å². The molecule has 1 atom stereocenters. The van der Waals surface area contributed by atoms with E-state index in [1.54, 1.807) is 11.3 Å². The zero-order valence-electron chi connectivity index (χ0n) is 15.4. The molecule has 1 amide bonds. The van der Waals surface area contributed by atoms with Crippen molar-refractivity contribution in [1.82, 2.24) is 15.2 Å². The fraction of sp³-hybridized carbons (Fsp3) is 0.600. The molecule has 1 N–H and O–H groups in total. The zero-order valence-corrected chi connectivity index (χ0v) is 16.2. The summed E-state index contributed by atoms with van der Waals surface area (Å²) in [5.74, 6) is 0.870. The van der Waals surface area contributed by atoms with Crippen molar-refractivity contribution in [2.75, 3.05) is 26.2 Å². The van der Waals surface area contributed by atoms with Crippen LogP contribution in [0.3, 0.4) is 0 Å². The van der Waals surface area contributed by atoms with Gasteiger partial charge in [0.05, 0.1) is 4.88 Å². The number of nitrogens with one attached hydrogen (secondary N) is 1. The molecule has 0 spiro atoms. The number of rotatable bonds is 1. The lowest BCUT2D eigenvalue weighted by Gasteiger charge is -2.34. The SMILES string of the molecule is CC(C)(C)C1CCc2nc3sc(C(=O)N4CCNCC4)cc3cc2C1. The number of amides is 1. The van der Waals surface area contributed by atoms with Gasteiger partial charge in [-0.1, -0.05) is 20.8 Å². The second-order valence-corrected chi connectivity index (χ2v) is 9.48. The van der Waals surface area contributed by atoms with Gasteiger partial charge in [-0.3, -0.25) is 4.79 Å². The normalized spacial score (nSPS) is 21.4. The summed E-state index contributed by atoms with van der Waals surface area (Å²) in [6, 6.07) is 4.35. The van der Waals surface area contributed by atoms with E-state index in [2.05, 4.69) is 38.2 Å². The van der Waals surface area contributed by atoms with Crippen LogP contribution < -0.4 is 5.32 Å². The van der Waals surface area contributed by atoms with Crippen LogP contribution in [0.5, 0.6) is 0 Å². The first-order valence-electron chi connectivity index (χ1n) is 9.34. The van der Waals surface area contributed by atoms with E-state index in [-0.39, 0.29) is 5.91 Å². The summed E-state index contributed by atoms with van der Waals surface area (Å²) in [4.78, 5) is 21.5. The topological polar surface area (TPSA) is 45.2 Å². The van der Waals surface area contributed by atoms with Gasteiger partial charge in [0.1, 0.15) is 4.83 Å². The van der Waals surface area contributed by atoms with Crippen LogP contribution in [0.4, 0.5) is 0 Å². The van der Waals surface area contributed by atoms with Gasteiger partial charge in [0.2, 0.25) is 0 Å². The highest BCUT2D eigenvalue weighted by atomic mass is 32.1. The van der Waals surface area contributed by atoms with Gasteiger partial charge >= 0.3 is 0 Å². The number of thiophene rings is 1. The molecule has 1 aliphatic carbocycles. The summed E-state index contributed by atoms with van der Waals surface area (Å²) in [7, 11) is 0. The Balaban J connectivity index is 1.63. The van der Waals surface area contributed by atoms with Crippen LogP contribution >= 0.6 is 11.3 Å². The molecule has 1 aliphatic heterocycles. The monoisotopic (exact) mass is 357 g/mol. The van der Waals surface area contributed by atoms with Gasteiger partial charge in [0, 0.05) is 37.3 Å². The number of pyridine rings is 1. The highest BCUT2D eigenvalue weighted by Crippen LogP contribution is 2.38. The first-order chi connectivity index (χ1) is 11.9. The van der Waals surface area contributed by atoms with Gasteiger partial charge in [-0.2, -0.15) is 0 Å². The maximum Gasteiger partial charge on any atom is 0.264 e. The van der Waals surface area contributed by atoms with Gasteiger partial charge < -0.3 is 10.2 Å². The van der Waals surface area contributed by atoms with Crippen molar-refractivity contribution in [1.29, 1.82) is 0 Å². The molecule has 1 fully saturated rings. The zero-order chi connectivity index (χ0) is 17.6. The quantitative estimate of drug-likeness (QED) is 0.850. The van der Waals surface area contributed by atoms with Crippen molar-refractivity contribution >= 4 is 27.5 Å². The van der Waals surface area contributed by atoms with E-state index in [1.807, 2.05) is 4.90 Å². The predicted octanol–water partition coefficient (Wildman–Crippen LogP) is 3.49. The van der Waals surface area contributed by atoms with E-state index in [0.29, 0.717) is 11.3 Å². The van der Waals surface area contributed by atoms with E-state index in [1.165, 1.54) is 17.7 Å². The Morgan fingerprint density at radius 1 is 1.28 bits per heavy atom.